The first-order valence-corrected chi connectivity index (χ1v) is 12.9. The van der Waals surface area contributed by atoms with Crippen LogP contribution in [0.5, 0.6) is 0 Å². The monoisotopic (exact) mass is 472 g/mol. The van der Waals surface area contributed by atoms with Gasteiger partial charge in [0.1, 0.15) is 5.82 Å². The fraction of sp³-hybridized carbons (Fsp3) is 0.265. The molecule has 2 nitrogen and oxygen atoms in total. The van der Waals surface area contributed by atoms with Crippen molar-refractivity contribution in [2.45, 2.75) is 58.9 Å². The molecule has 2 heteroatoms. The molecule has 1 N–H and O–H groups in total. The standard InChI is InChI=1S/C34H36N2/c1-33(2,3)26-17-18-28-25(20-26)19-24-15-16-27(34(4,5)6)21-29(24)32(28)30-13-10-14-31(36-30)35-22-23-11-8-7-9-12-23/h7-21H,22H2,1-6H3,(H,35,36). The topological polar surface area (TPSA) is 24.9 Å². The first-order chi connectivity index (χ1) is 17.1. The highest BCUT2D eigenvalue weighted by atomic mass is 15.0. The summed E-state index contributed by atoms with van der Waals surface area (Å²) in [6, 6.07) is 33.0. The summed E-state index contributed by atoms with van der Waals surface area (Å²) in [4.78, 5) is 5.11. The van der Waals surface area contributed by atoms with Crippen LogP contribution in [0.15, 0.2) is 91.0 Å². The van der Waals surface area contributed by atoms with E-state index in [0.29, 0.717) is 0 Å². The van der Waals surface area contributed by atoms with Gasteiger partial charge in [-0.2, -0.15) is 0 Å². The van der Waals surface area contributed by atoms with E-state index in [9.17, 15) is 0 Å². The van der Waals surface area contributed by atoms with Gasteiger partial charge in [-0.3, -0.25) is 0 Å². The van der Waals surface area contributed by atoms with Crippen LogP contribution in [-0.4, -0.2) is 4.98 Å². The van der Waals surface area contributed by atoms with Crippen molar-refractivity contribution in [2.24, 2.45) is 0 Å². The van der Waals surface area contributed by atoms with Gasteiger partial charge in [0.2, 0.25) is 0 Å². The van der Waals surface area contributed by atoms with E-state index < -0.39 is 0 Å². The molecule has 182 valence electrons. The molecule has 0 bridgehead atoms. The summed E-state index contributed by atoms with van der Waals surface area (Å²) in [5.74, 6) is 0.889. The highest BCUT2D eigenvalue weighted by Crippen LogP contribution is 2.39. The Bertz CT molecular complexity index is 1530. The van der Waals surface area contributed by atoms with E-state index in [1.54, 1.807) is 0 Å². The summed E-state index contributed by atoms with van der Waals surface area (Å²) >= 11 is 0. The van der Waals surface area contributed by atoms with Crippen LogP contribution in [0.3, 0.4) is 0 Å². The summed E-state index contributed by atoms with van der Waals surface area (Å²) in [6.07, 6.45) is 0. The minimum atomic E-state index is 0.0724. The number of rotatable bonds is 4. The molecule has 0 saturated heterocycles. The Balaban J connectivity index is 1.70. The molecule has 0 amide bonds. The van der Waals surface area contributed by atoms with Gasteiger partial charge in [0.05, 0.1) is 5.69 Å². The minimum absolute atomic E-state index is 0.0724. The van der Waals surface area contributed by atoms with Crippen LogP contribution in [-0.2, 0) is 17.4 Å². The lowest BCUT2D eigenvalue weighted by Gasteiger charge is -2.22. The van der Waals surface area contributed by atoms with Crippen molar-refractivity contribution < 1.29 is 0 Å². The first kappa shape index (κ1) is 24.1. The Morgan fingerprint density at radius 3 is 2.03 bits per heavy atom. The van der Waals surface area contributed by atoms with Gasteiger partial charge in [-0.25, -0.2) is 4.98 Å². The van der Waals surface area contributed by atoms with Crippen LogP contribution in [0.4, 0.5) is 5.82 Å². The molecule has 0 radical (unpaired) electrons. The number of fused-ring (bicyclic) bond motifs is 2. The van der Waals surface area contributed by atoms with Crippen LogP contribution in [0.2, 0.25) is 0 Å². The molecule has 36 heavy (non-hydrogen) atoms. The molecule has 0 aliphatic heterocycles. The molecular weight excluding hydrogens is 436 g/mol. The van der Waals surface area contributed by atoms with E-state index in [4.69, 9.17) is 4.98 Å². The quantitative estimate of drug-likeness (QED) is 0.264. The third-order valence-electron chi connectivity index (χ3n) is 7.01. The number of nitrogens with one attached hydrogen (secondary N) is 1. The maximum atomic E-state index is 5.11. The second-order valence-electron chi connectivity index (χ2n) is 11.9. The molecule has 0 atom stereocenters. The van der Waals surface area contributed by atoms with Crippen LogP contribution >= 0.6 is 0 Å². The second-order valence-corrected chi connectivity index (χ2v) is 11.9. The van der Waals surface area contributed by atoms with Gasteiger partial charge < -0.3 is 5.32 Å². The van der Waals surface area contributed by atoms with E-state index in [1.165, 1.54) is 43.8 Å². The molecule has 1 aromatic heterocycles. The summed E-state index contributed by atoms with van der Waals surface area (Å²) in [5.41, 5.74) is 6.29. The van der Waals surface area contributed by atoms with Gasteiger partial charge in [0, 0.05) is 12.1 Å². The number of anilines is 1. The van der Waals surface area contributed by atoms with Gasteiger partial charge in [0.25, 0.3) is 0 Å². The molecule has 5 aromatic rings. The molecule has 5 rings (SSSR count). The normalized spacial score (nSPS) is 12.3. The maximum Gasteiger partial charge on any atom is 0.126 e. The van der Waals surface area contributed by atoms with Gasteiger partial charge >= 0.3 is 0 Å². The fourth-order valence-corrected chi connectivity index (χ4v) is 4.79. The van der Waals surface area contributed by atoms with E-state index in [1.807, 2.05) is 6.07 Å². The molecule has 0 aliphatic carbocycles. The van der Waals surface area contributed by atoms with Crippen molar-refractivity contribution in [3.8, 4) is 11.3 Å². The summed E-state index contributed by atoms with van der Waals surface area (Å²) in [7, 11) is 0. The average Bonchev–Trinajstić information content (AvgIpc) is 2.85. The zero-order valence-electron chi connectivity index (χ0n) is 22.3. The van der Waals surface area contributed by atoms with E-state index in [2.05, 4.69) is 132 Å². The lowest BCUT2D eigenvalue weighted by atomic mass is 9.82. The van der Waals surface area contributed by atoms with Crippen molar-refractivity contribution in [3.05, 3.63) is 108 Å². The molecular formula is C34H36N2. The van der Waals surface area contributed by atoms with Crippen molar-refractivity contribution >= 4 is 27.4 Å². The summed E-state index contributed by atoms with van der Waals surface area (Å²) < 4.78 is 0. The molecule has 1 heterocycles. The number of pyridine rings is 1. The Kier molecular flexibility index (Phi) is 6.08. The smallest absolute Gasteiger partial charge is 0.126 e. The number of hydrogen-bond donors (Lipinski definition) is 1. The fourth-order valence-electron chi connectivity index (χ4n) is 4.79. The minimum Gasteiger partial charge on any atom is -0.366 e. The van der Waals surface area contributed by atoms with Crippen LogP contribution < -0.4 is 5.32 Å². The molecule has 4 aromatic carbocycles. The first-order valence-electron chi connectivity index (χ1n) is 12.9. The van der Waals surface area contributed by atoms with Gasteiger partial charge in [-0.05, 0) is 73.3 Å². The van der Waals surface area contributed by atoms with Crippen molar-refractivity contribution in [3.63, 3.8) is 0 Å². The zero-order chi connectivity index (χ0) is 25.5. The van der Waals surface area contributed by atoms with Gasteiger partial charge in [-0.15, -0.1) is 0 Å². The maximum absolute atomic E-state index is 5.11. The van der Waals surface area contributed by atoms with Crippen LogP contribution in [0.25, 0.3) is 32.8 Å². The lowest BCUT2D eigenvalue weighted by molar-refractivity contribution is 0.590. The molecule has 0 fully saturated rings. The van der Waals surface area contributed by atoms with Crippen molar-refractivity contribution in [1.82, 2.24) is 4.98 Å². The Hall–Kier alpha value is -3.65. The third kappa shape index (κ3) is 4.86. The zero-order valence-corrected chi connectivity index (χ0v) is 22.3. The lowest BCUT2D eigenvalue weighted by Crippen LogP contribution is -2.11. The van der Waals surface area contributed by atoms with E-state index >= 15 is 0 Å². The third-order valence-corrected chi connectivity index (χ3v) is 7.01. The number of aromatic nitrogens is 1. The second kappa shape index (κ2) is 9.09. The van der Waals surface area contributed by atoms with E-state index in [0.717, 1.165) is 18.1 Å². The summed E-state index contributed by atoms with van der Waals surface area (Å²) in [6.45, 7) is 14.4. The average molecular weight is 473 g/mol. The Morgan fingerprint density at radius 2 is 1.31 bits per heavy atom. The van der Waals surface area contributed by atoms with Crippen molar-refractivity contribution in [1.29, 1.82) is 0 Å². The van der Waals surface area contributed by atoms with Crippen LogP contribution in [0, 0.1) is 0 Å². The Morgan fingerprint density at radius 1 is 0.611 bits per heavy atom. The predicted octanol–water partition coefficient (Wildman–Crippen LogP) is 9.26. The molecule has 0 unspecified atom stereocenters. The highest BCUT2D eigenvalue weighted by Gasteiger charge is 2.19. The number of benzene rings is 4. The molecule has 0 aliphatic rings. The summed E-state index contributed by atoms with van der Waals surface area (Å²) in [5, 5.41) is 8.53. The Labute approximate surface area is 215 Å². The highest BCUT2D eigenvalue weighted by molar-refractivity contribution is 6.12. The van der Waals surface area contributed by atoms with Gasteiger partial charge in [0.15, 0.2) is 0 Å². The molecule has 0 spiro atoms. The van der Waals surface area contributed by atoms with Crippen molar-refractivity contribution in [2.75, 3.05) is 5.32 Å². The number of hydrogen-bond acceptors (Lipinski definition) is 2. The van der Waals surface area contributed by atoms with E-state index in [-0.39, 0.29) is 10.8 Å². The predicted molar refractivity (Wildman–Crippen MR) is 156 cm³/mol. The molecule has 0 saturated carbocycles. The number of nitrogens with zero attached hydrogens (tertiary/aromatic N) is 1. The van der Waals surface area contributed by atoms with Crippen LogP contribution in [0.1, 0.15) is 58.2 Å². The SMILES string of the molecule is CC(C)(C)c1ccc2c(-c3cccc(NCc4ccccc4)n3)c3cc(C(C)(C)C)ccc3cc2c1. The largest absolute Gasteiger partial charge is 0.366 e. The van der Waals surface area contributed by atoms with Gasteiger partial charge in [-0.1, -0.05) is 108 Å².